The van der Waals surface area contributed by atoms with Crippen LogP contribution in [0.15, 0.2) is 31.0 Å². The average molecular weight is 262 g/mol. The molecule has 0 aromatic heterocycles. The lowest BCUT2D eigenvalue weighted by molar-refractivity contribution is -0.136. The van der Waals surface area contributed by atoms with Crippen molar-refractivity contribution in [1.82, 2.24) is 5.32 Å². The molecule has 1 aromatic rings. The minimum Gasteiger partial charge on any atom is -0.500 e. The van der Waals surface area contributed by atoms with Gasteiger partial charge in [0.25, 0.3) is 0 Å². The first-order valence-electron chi connectivity index (χ1n) is 5.93. The lowest BCUT2D eigenvalue weighted by atomic mass is 10.1. The fourth-order valence-corrected chi connectivity index (χ4v) is 1.52. The Morgan fingerprint density at radius 2 is 2.05 bits per heavy atom. The van der Waals surface area contributed by atoms with Crippen molar-refractivity contribution in [2.75, 3.05) is 18.5 Å². The minimum atomic E-state index is -0.689. The van der Waals surface area contributed by atoms with Gasteiger partial charge in [0.15, 0.2) is 0 Å². The lowest BCUT2D eigenvalue weighted by Gasteiger charge is -2.09. The van der Waals surface area contributed by atoms with Crippen molar-refractivity contribution < 1.29 is 14.3 Å². The van der Waals surface area contributed by atoms with E-state index in [1.54, 1.807) is 6.07 Å². The van der Waals surface area contributed by atoms with E-state index in [0.29, 0.717) is 5.69 Å². The molecule has 0 atom stereocenters. The second-order valence-electron chi connectivity index (χ2n) is 4.07. The highest BCUT2D eigenvalue weighted by Gasteiger charge is 2.13. The van der Waals surface area contributed by atoms with Crippen LogP contribution in [0.2, 0.25) is 0 Å². The zero-order valence-electron chi connectivity index (χ0n) is 11.2. The molecule has 5 heteroatoms. The fraction of sp³-hybridized carbons (Fsp3) is 0.286. The molecule has 0 radical (unpaired) electrons. The van der Waals surface area contributed by atoms with Gasteiger partial charge in [-0.2, -0.15) is 0 Å². The Hall–Kier alpha value is -2.30. The van der Waals surface area contributed by atoms with Crippen molar-refractivity contribution in [2.24, 2.45) is 0 Å². The maximum Gasteiger partial charge on any atom is 0.313 e. The molecule has 0 saturated heterocycles. The van der Waals surface area contributed by atoms with Gasteiger partial charge in [0.1, 0.15) is 6.61 Å². The summed E-state index contributed by atoms with van der Waals surface area (Å²) < 4.78 is 4.83. The van der Waals surface area contributed by atoms with Crippen molar-refractivity contribution in [3.8, 4) is 0 Å². The summed E-state index contributed by atoms with van der Waals surface area (Å²) >= 11 is 0. The highest BCUT2D eigenvalue weighted by Crippen LogP contribution is 2.15. The molecule has 102 valence electrons. The summed E-state index contributed by atoms with van der Waals surface area (Å²) in [5, 5.41) is 5.01. The summed E-state index contributed by atoms with van der Waals surface area (Å²) in [6, 6.07) is 5.58. The summed E-state index contributed by atoms with van der Waals surface area (Å²) in [7, 11) is 0. The highest BCUT2D eigenvalue weighted by atomic mass is 16.5. The van der Waals surface area contributed by atoms with Crippen LogP contribution in [-0.4, -0.2) is 25.0 Å². The summed E-state index contributed by atoms with van der Waals surface area (Å²) in [5.41, 5.74) is 2.64. The normalized spacial score (nSPS) is 9.58. The molecule has 2 amide bonds. The van der Waals surface area contributed by atoms with E-state index in [1.165, 1.54) is 6.26 Å². The zero-order chi connectivity index (χ0) is 14.3. The van der Waals surface area contributed by atoms with E-state index in [0.717, 1.165) is 11.1 Å². The molecule has 0 fully saturated rings. The van der Waals surface area contributed by atoms with Crippen molar-refractivity contribution >= 4 is 17.5 Å². The number of benzene rings is 1. The SMILES string of the molecule is C=COCCNC(=O)C(=O)Nc1ccc(C)cc1C. The van der Waals surface area contributed by atoms with Crippen LogP contribution in [0.3, 0.4) is 0 Å². The van der Waals surface area contributed by atoms with Gasteiger partial charge < -0.3 is 15.4 Å². The summed E-state index contributed by atoms with van der Waals surface area (Å²) in [4.78, 5) is 23.1. The van der Waals surface area contributed by atoms with Crippen LogP contribution in [0.5, 0.6) is 0 Å². The van der Waals surface area contributed by atoms with Gasteiger partial charge in [-0.3, -0.25) is 9.59 Å². The van der Waals surface area contributed by atoms with Gasteiger partial charge in [-0.1, -0.05) is 24.3 Å². The molecule has 0 saturated carbocycles. The van der Waals surface area contributed by atoms with Crippen LogP contribution in [0.25, 0.3) is 0 Å². The van der Waals surface area contributed by atoms with Crippen LogP contribution >= 0.6 is 0 Å². The number of nitrogens with one attached hydrogen (secondary N) is 2. The Bertz CT molecular complexity index is 484. The number of carbonyl (C=O) groups is 2. The van der Waals surface area contributed by atoms with E-state index in [9.17, 15) is 9.59 Å². The standard InChI is InChI=1S/C14H18N2O3/c1-4-19-8-7-15-13(17)14(18)16-12-6-5-10(2)9-11(12)3/h4-6,9H,1,7-8H2,2-3H3,(H,15,17)(H,16,18). The van der Waals surface area contributed by atoms with Crippen molar-refractivity contribution in [3.05, 3.63) is 42.2 Å². The second-order valence-corrected chi connectivity index (χ2v) is 4.07. The van der Waals surface area contributed by atoms with E-state index < -0.39 is 11.8 Å². The zero-order valence-corrected chi connectivity index (χ0v) is 11.2. The van der Waals surface area contributed by atoms with E-state index in [1.807, 2.05) is 26.0 Å². The van der Waals surface area contributed by atoms with Gasteiger partial charge in [-0.15, -0.1) is 0 Å². The Labute approximate surface area is 112 Å². The first kappa shape index (κ1) is 14.8. The molecule has 0 aliphatic rings. The number of anilines is 1. The molecule has 0 bridgehead atoms. The minimum absolute atomic E-state index is 0.255. The van der Waals surface area contributed by atoms with E-state index >= 15 is 0 Å². The Morgan fingerprint density at radius 1 is 1.32 bits per heavy atom. The number of hydrogen-bond acceptors (Lipinski definition) is 3. The van der Waals surface area contributed by atoms with Gasteiger partial charge >= 0.3 is 11.8 Å². The molecule has 0 aliphatic carbocycles. The van der Waals surface area contributed by atoms with Crippen molar-refractivity contribution in [2.45, 2.75) is 13.8 Å². The number of aryl methyl sites for hydroxylation is 2. The molecule has 0 heterocycles. The average Bonchev–Trinajstić information content (AvgIpc) is 2.37. The van der Waals surface area contributed by atoms with Gasteiger partial charge in [0.2, 0.25) is 0 Å². The number of amides is 2. The van der Waals surface area contributed by atoms with Crippen LogP contribution in [0, 0.1) is 13.8 Å². The summed E-state index contributed by atoms with van der Waals surface area (Å²) in [5.74, 6) is -1.38. The maximum absolute atomic E-state index is 11.6. The third kappa shape index (κ3) is 4.83. The third-order valence-corrected chi connectivity index (χ3v) is 2.46. The summed E-state index contributed by atoms with van der Waals surface area (Å²) in [6.45, 7) is 7.75. The van der Waals surface area contributed by atoms with Crippen LogP contribution < -0.4 is 10.6 Å². The molecular weight excluding hydrogens is 244 g/mol. The van der Waals surface area contributed by atoms with Gasteiger partial charge in [0, 0.05) is 5.69 Å². The predicted octanol–water partition coefficient (Wildman–Crippen LogP) is 1.52. The quantitative estimate of drug-likeness (QED) is 0.480. The van der Waals surface area contributed by atoms with Crippen LogP contribution in [0.4, 0.5) is 5.69 Å². The molecular formula is C14H18N2O3. The van der Waals surface area contributed by atoms with Gasteiger partial charge in [0.05, 0.1) is 12.8 Å². The molecule has 0 unspecified atom stereocenters. The Morgan fingerprint density at radius 3 is 2.68 bits per heavy atom. The number of hydrogen-bond donors (Lipinski definition) is 2. The molecule has 5 nitrogen and oxygen atoms in total. The highest BCUT2D eigenvalue weighted by molar-refractivity contribution is 6.39. The Kier molecular flexibility index (Phi) is 5.60. The third-order valence-electron chi connectivity index (χ3n) is 2.46. The van der Waals surface area contributed by atoms with E-state index in [2.05, 4.69) is 17.2 Å². The number of ether oxygens (including phenoxy) is 1. The number of carbonyl (C=O) groups excluding carboxylic acids is 2. The predicted molar refractivity (Wildman–Crippen MR) is 73.7 cm³/mol. The van der Waals surface area contributed by atoms with Gasteiger partial charge in [-0.25, -0.2) is 0 Å². The molecule has 19 heavy (non-hydrogen) atoms. The van der Waals surface area contributed by atoms with E-state index in [-0.39, 0.29) is 13.2 Å². The molecule has 1 rings (SSSR count). The molecule has 0 aliphatic heterocycles. The van der Waals surface area contributed by atoms with Crippen molar-refractivity contribution in [1.29, 1.82) is 0 Å². The largest absolute Gasteiger partial charge is 0.500 e. The maximum atomic E-state index is 11.6. The molecule has 0 spiro atoms. The first-order chi connectivity index (χ1) is 9.04. The summed E-state index contributed by atoms with van der Waals surface area (Å²) in [6.07, 6.45) is 1.28. The number of rotatable bonds is 5. The topological polar surface area (TPSA) is 67.4 Å². The van der Waals surface area contributed by atoms with Crippen LogP contribution in [0.1, 0.15) is 11.1 Å². The van der Waals surface area contributed by atoms with Gasteiger partial charge in [-0.05, 0) is 25.5 Å². The van der Waals surface area contributed by atoms with Crippen LogP contribution in [-0.2, 0) is 14.3 Å². The van der Waals surface area contributed by atoms with Crippen molar-refractivity contribution in [3.63, 3.8) is 0 Å². The molecule has 2 N–H and O–H groups in total. The first-order valence-corrected chi connectivity index (χ1v) is 5.93. The fourth-order valence-electron chi connectivity index (χ4n) is 1.52. The smallest absolute Gasteiger partial charge is 0.313 e. The monoisotopic (exact) mass is 262 g/mol. The Balaban J connectivity index is 2.49. The lowest BCUT2D eigenvalue weighted by Crippen LogP contribution is -2.37. The second kappa shape index (κ2) is 7.20. The molecule has 1 aromatic carbocycles. The van der Waals surface area contributed by atoms with E-state index in [4.69, 9.17) is 4.74 Å².